The van der Waals surface area contributed by atoms with E-state index in [0.29, 0.717) is 11.1 Å². The van der Waals surface area contributed by atoms with Gasteiger partial charge < -0.3 is 20.4 Å². The molecule has 7 nitrogen and oxygen atoms in total. The Labute approximate surface area is 209 Å². The summed E-state index contributed by atoms with van der Waals surface area (Å²) in [6, 6.07) is 2.99. The fraction of sp³-hybridized carbons (Fsp3) is 0.414. The molecule has 7 heteroatoms. The van der Waals surface area contributed by atoms with Crippen LogP contribution in [0.2, 0.25) is 0 Å². The molecule has 0 saturated heterocycles. The lowest BCUT2D eigenvalue weighted by Crippen LogP contribution is -2.67. The zero-order valence-corrected chi connectivity index (χ0v) is 21.0. The van der Waals surface area contributed by atoms with E-state index in [0.717, 1.165) is 6.92 Å². The number of Topliss-reactive ketones (excluding diaryl/α,β-unsaturated/α-hetero) is 3. The first kappa shape index (κ1) is 25.5. The van der Waals surface area contributed by atoms with Gasteiger partial charge in [-0.05, 0) is 55.0 Å². The molecule has 4 rings (SSSR count). The van der Waals surface area contributed by atoms with E-state index in [4.69, 9.17) is 6.42 Å². The second-order valence-electron chi connectivity index (χ2n) is 11.0. The molecule has 0 fully saturated rings. The zero-order valence-electron chi connectivity index (χ0n) is 21.0. The van der Waals surface area contributed by atoms with Crippen LogP contribution in [-0.2, 0) is 16.0 Å². The molecule has 3 aliphatic rings. The quantitative estimate of drug-likeness (QED) is 0.372. The highest BCUT2D eigenvalue weighted by molar-refractivity contribution is 6.25. The van der Waals surface area contributed by atoms with Gasteiger partial charge in [0.05, 0.1) is 5.56 Å². The van der Waals surface area contributed by atoms with Crippen LogP contribution in [0.1, 0.15) is 62.5 Å². The summed E-state index contributed by atoms with van der Waals surface area (Å²) in [7, 11) is 0. The highest BCUT2D eigenvalue weighted by Gasteiger charge is 2.71. The second kappa shape index (κ2) is 7.94. The maximum Gasteiger partial charge on any atom is 0.209 e. The summed E-state index contributed by atoms with van der Waals surface area (Å²) in [6.07, 6.45) is 8.73. The van der Waals surface area contributed by atoms with E-state index >= 15 is 0 Å². The summed E-state index contributed by atoms with van der Waals surface area (Å²) >= 11 is 0. The van der Waals surface area contributed by atoms with Crippen molar-refractivity contribution in [3.8, 4) is 18.1 Å². The van der Waals surface area contributed by atoms with Crippen molar-refractivity contribution in [3.05, 3.63) is 57.6 Å². The van der Waals surface area contributed by atoms with Crippen molar-refractivity contribution in [1.82, 2.24) is 0 Å². The SMILES string of the molecule is C#C/C=C/c1ccc(O)c2c1C[C@]1(C)C[C@]3(C)C(C(C)C)C(O)=C(C(C)=O)C(=O)[C@]3(O)C(O)=C1C2=O. The first-order valence-electron chi connectivity index (χ1n) is 11.8. The number of aliphatic hydroxyl groups excluding tert-OH is 2. The van der Waals surface area contributed by atoms with Crippen molar-refractivity contribution in [2.75, 3.05) is 0 Å². The van der Waals surface area contributed by atoms with E-state index in [-0.39, 0.29) is 35.6 Å². The second-order valence-corrected chi connectivity index (χ2v) is 11.0. The van der Waals surface area contributed by atoms with Crippen LogP contribution in [0.25, 0.3) is 6.08 Å². The zero-order chi connectivity index (χ0) is 27.0. The molecule has 0 radical (unpaired) electrons. The molecule has 36 heavy (non-hydrogen) atoms. The van der Waals surface area contributed by atoms with E-state index in [1.54, 1.807) is 39.8 Å². The minimum Gasteiger partial charge on any atom is -0.511 e. The molecular weight excluding hydrogens is 460 g/mol. The first-order valence-corrected chi connectivity index (χ1v) is 11.8. The van der Waals surface area contributed by atoms with Crippen molar-refractivity contribution in [2.45, 2.75) is 53.1 Å². The van der Waals surface area contributed by atoms with Crippen molar-refractivity contribution in [2.24, 2.45) is 22.7 Å². The van der Waals surface area contributed by atoms with E-state index < -0.39 is 56.8 Å². The molecule has 0 aliphatic heterocycles. The highest BCUT2D eigenvalue weighted by Crippen LogP contribution is 2.65. The van der Waals surface area contributed by atoms with Crippen LogP contribution < -0.4 is 0 Å². The summed E-state index contributed by atoms with van der Waals surface area (Å²) in [5.41, 5.74) is -4.76. The van der Waals surface area contributed by atoms with Crippen LogP contribution in [0.5, 0.6) is 5.75 Å². The minimum atomic E-state index is -2.62. The molecule has 0 spiro atoms. The number of carbonyl (C=O) groups excluding carboxylic acids is 3. The van der Waals surface area contributed by atoms with Crippen LogP contribution in [0, 0.1) is 35.0 Å². The number of aromatic hydroxyl groups is 1. The summed E-state index contributed by atoms with van der Waals surface area (Å²) in [5, 5.41) is 45.3. The Morgan fingerprint density at radius 3 is 2.39 bits per heavy atom. The van der Waals surface area contributed by atoms with Crippen molar-refractivity contribution >= 4 is 23.4 Å². The number of hydrogen-bond acceptors (Lipinski definition) is 7. The molecule has 1 unspecified atom stereocenters. The van der Waals surface area contributed by atoms with Crippen molar-refractivity contribution < 1.29 is 34.8 Å². The lowest BCUT2D eigenvalue weighted by molar-refractivity contribution is -0.171. The van der Waals surface area contributed by atoms with Crippen molar-refractivity contribution in [1.29, 1.82) is 0 Å². The molecule has 0 amide bonds. The Hall–Kier alpha value is -3.63. The molecule has 0 aromatic heterocycles. The van der Waals surface area contributed by atoms with E-state index in [9.17, 15) is 34.8 Å². The predicted octanol–water partition coefficient (Wildman–Crippen LogP) is 3.99. The number of phenolic OH excluding ortho intramolecular Hbond substituents is 1. The molecule has 0 saturated carbocycles. The molecule has 0 bridgehead atoms. The number of ketones is 3. The van der Waals surface area contributed by atoms with Gasteiger partial charge in [-0.25, -0.2) is 0 Å². The number of allylic oxidation sites excluding steroid dienone is 3. The maximum atomic E-state index is 13.8. The van der Waals surface area contributed by atoms with E-state index in [2.05, 4.69) is 5.92 Å². The average molecular weight is 491 g/mol. The van der Waals surface area contributed by atoms with Crippen molar-refractivity contribution in [3.63, 3.8) is 0 Å². The van der Waals surface area contributed by atoms with E-state index in [1.165, 1.54) is 12.1 Å². The third-order valence-corrected chi connectivity index (χ3v) is 8.29. The monoisotopic (exact) mass is 490 g/mol. The van der Waals surface area contributed by atoms with Crippen LogP contribution in [0.3, 0.4) is 0 Å². The summed E-state index contributed by atoms with van der Waals surface area (Å²) in [6.45, 7) is 8.05. The van der Waals surface area contributed by atoms with Gasteiger partial charge in [-0.1, -0.05) is 39.7 Å². The molecule has 4 N–H and O–H groups in total. The smallest absolute Gasteiger partial charge is 0.209 e. The Kier molecular flexibility index (Phi) is 5.62. The standard InChI is InChI=1S/C29H30O7/c1-7-8-9-16-10-11-18(31)20-17(16)12-27(5)13-28(6)21(14(2)3)23(32)19(15(4)30)25(34)29(28,36)26(35)22(27)24(20)33/h1,8-11,14,21,31-32,35-36H,12-13H2,2-6H3/b9-8+/t21?,27-,28-,29+/m1/s1. The average Bonchev–Trinajstić information content (AvgIpc) is 2.75. The Morgan fingerprint density at radius 1 is 1.19 bits per heavy atom. The van der Waals surface area contributed by atoms with Crippen LogP contribution in [0.15, 0.2) is 40.9 Å². The fourth-order valence-corrected chi connectivity index (χ4v) is 7.05. The Bertz CT molecular complexity index is 1370. The highest BCUT2D eigenvalue weighted by atomic mass is 16.3. The van der Waals surface area contributed by atoms with Gasteiger partial charge in [0.2, 0.25) is 5.78 Å². The molecule has 1 aromatic rings. The van der Waals surface area contributed by atoms with Gasteiger partial charge >= 0.3 is 0 Å². The Balaban J connectivity index is 2.08. The van der Waals surface area contributed by atoms with Gasteiger partial charge in [-0.3, -0.25) is 14.4 Å². The summed E-state index contributed by atoms with van der Waals surface area (Å²) < 4.78 is 0. The van der Waals surface area contributed by atoms with Crippen LogP contribution >= 0.6 is 0 Å². The number of fused-ring (bicyclic) bond motifs is 3. The Morgan fingerprint density at radius 2 is 1.83 bits per heavy atom. The molecule has 0 heterocycles. The maximum absolute atomic E-state index is 13.8. The number of phenols is 1. The number of carbonyl (C=O) groups is 3. The predicted molar refractivity (Wildman–Crippen MR) is 133 cm³/mol. The molecule has 1 aromatic carbocycles. The fourth-order valence-electron chi connectivity index (χ4n) is 7.05. The van der Waals surface area contributed by atoms with E-state index in [1.807, 2.05) is 0 Å². The van der Waals surface area contributed by atoms with Gasteiger partial charge in [0.15, 0.2) is 17.2 Å². The molecule has 3 aliphatic carbocycles. The van der Waals surface area contributed by atoms with Crippen LogP contribution in [-0.4, -0.2) is 43.4 Å². The van der Waals surface area contributed by atoms with Gasteiger partial charge in [0.25, 0.3) is 0 Å². The number of terminal acetylenes is 1. The normalized spacial score (nSPS) is 31.9. The summed E-state index contributed by atoms with van der Waals surface area (Å²) in [4.78, 5) is 39.8. The van der Waals surface area contributed by atoms with Gasteiger partial charge in [0, 0.05) is 22.3 Å². The summed E-state index contributed by atoms with van der Waals surface area (Å²) in [5.74, 6) is -2.91. The number of benzene rings is 1. The lowest BCUT2D eigenvalue weighted by atomic mass is 9.44. The molecule has 188 valence electrons. The lowest BCUT2D eigenvalue weighted by Gasteiger charge is -2.59. The number of hydrogen-bond donors (Lipinski definition) is 4. The topological polar surface area (TPSA) is 132 Å². The third-order valence-electron chi connectivity index (χ3n) is 8.29. The number of rotatable bonds is 3. The molecular formula is C29H30O7. The van der Waals surface area contributed by atoms with Gasteiger partial charge in [0.1, 0.15) is 22.8 Å². The van der Waals surface area contributed by atoms with Crippen LogP contribution in [0.4, 0.5) is 0 Å². The third kappa shape index (κ3) is 3.00. The molecule has 4 atom stereocenters. The van der Waals surface area contributed by atoms with Gasteiger partial charge in [-0.2, -0.15) is 0 Å². The largest absolute Gasteiger partial charge is 0.511 e. The number of aliphatic hydroxyl groups is 3. The van der Waals surface area contributed by atoms with Gasteiger partial charge in [-0.15, -0.1) is 6.42 Å². The first-order chi connectivity index (χ1) is 16.7. The minimum absolute atomic E-state index is 0.0331.